The van der Waals surface area contributed by atoms with Crippen LogP contribution in [0.15, 0.2) is 38.2 Å². The maximum absolute atomic E-state index is 10.8. The van der Waals surface area contributed by atoms with Crippen LogP contribution in [0.3, 0.4) is 0 Å². The van der Waals surface area contributed by atoms with E-state index in [0.29, 0.717) is 5.75 Å². The average Bonchev–Trinajstić information content (AvgIpc) is 2.29. The Bertz CT molecular complexity index is 418. The molecule has 0 saturated carbocycles. The van der Waals surface area contributed by atoms with Crippen molar-refractivity contribution in [3.63, 3.8) is 0 Å². The molecule has 0 aliphatic rings. The summed E-state index contributed by atoms with van der Waals surface area (Å²) < 4.78 is 12.4. The maximum Gasteiger partial charge on any atom is 0.333 e. The minimum Gasteiger partial charge on any atom is -0.456 e. The summed E-state index contributed by atoms with van der Waals surface area (Å²) in [6, 6.07) is 3.57. The molecule has 6 heteroatoms. The van der Waals surface area contributed by atoms with Gasteiger partial charge in [-0.1, -0.05) is 6.58 Å². The van der Waals surface area contributed by atoms with E-state index in [2.05, 4.69) is 54.4 Å². The Kier molecular flexibility index (Phi) is 5.51. The first-order valence-electron chi connectivity index (χ1n) is 4.11. The fourth-order valence-corrected chi connectivity index (χ4v) is 2.21. The number of esters is 1. The molecule has 0 aliphatic carbocycles. The molecule has 0 spiro atoms. The van der Waals surface area contributed by atoms with Crippen molar-refractivity contribution in [3.05, 3.63) is 38.2 Å². The molecule has 86 valence electrons. The smallest absolute Gasteiger partial charge is 0.333 e. The van der Waals surface area contributed by atoms with E-state index in [4.69, 9.17) is 9.47 Å². The molecular formula is C10H7Br3O3. The van der Waals surface area contributed by atoms with Gasteiger partial charge in [-0.15, -0.1) is 0 Å². The number of carbonyl (C=O) groups excluding carboxylic acids is 1. The topological polar surface area (TPSA) is 35.5 Å². The second-order valence-corrected chi connectivity index (χ2v) is 5.04. The Hall–Kier alpha value is -0.330. The van der Waals surface area contributed by atoms with E-state index in [1.807, 2.05) is 6.07 Å². The number of carbonyl (C=O) groups is 1. The van der Waals surface area contributed by atoms with Crippen molar-refractivity contribution in [2.24, 2.45) is 0 Å². The Morgan fingerprint density at radius 3 is 2.62 bits per heavy atom. The number of hydrogen-bond acceptors (Lipinski definition) is 3. The molecule has 0 bridgehead atoms. The lowest BCUT2D eigenvalue weighted by molar-refractivity contribution is -0.144. The van der Waals surface area contributed by atoms with E-state index in [-0.39, 0.29) is 6.79 Å². The third-order valence-corrected chi connectivity index (χ3v) is 4.92. The quantitative estimate of drug-likeness (QED) is 0.323. The number of halogens is 3. The van der Waals surface area contributed by atoms with E-state index in [9.17, 15) is 4.79 Å². The van der Waals surface area contributed by atoms with Crippen molar-refractivity contribution in [3.8, 4) is 5.75 Å². The minimum absolute atomic E-state index is 0.155. The highest BCUT2D eigenvalue weighted by molar-refractivity contribution is 9.14. The number of hydrogen-bond donors (Lipinski definition) is 0. The lowest BCUT2D eigenvalue weighted by Crippen LogP contribution is -2.07. The predicted molar refractivity (Wildman–Crippen MR) is 71.3 cm³/mol. The molecule has 16 heavy (non-hydrogen) atoms. The van der Waals surface area contributed by atoms with Crippen molar-refractivity contribution < 1.29 is 14.3 Å². The molecule has 0 N–H and O–H groups in total. The van der Waals surface area contributed by atoms with E-state index >= 15 is 0 Å². The normalized spacial score (nSPS) is 9.69. The summed E-state index contributed by atoms with van der Waals surface area (Å²) in [6.07, 6.45) is 1.08. The van der Waals surface area contributed by atoms with Gasteiger partial charge in [0.25, 0.3) is 0 Å². The van der Waals surface area contributed by atoms with E-state index in [1.54, 1.807) is 6.07 Å². The fourth-order valence-electron chi connectivity index (χ4n) is 0.830. The van der Waals surface area contributed by atoms with Crippen molar-refractivity contribution in [2.75, 3.05) is 6.79 Å². The highest BCUT2D eigenvalue weighted by Gasteiger charge is 2.08. The van der Waals surface area contributed by atoms with Crippen LogP contribution in [0.4, 0.5) is 0 Å². The third kappa shape index (κ3) is 3.61. The van der Waals surface area contributed by atoms with Gasteiger partial charge in [0.1, 0.15) is 5.75 Å². The molecule has 1 aromatic carbocycles. The molecule has 0 saturated heterocycles. The number of benzene rings is 1. The lowest BCUT2D eigenvalue weighted by Gasteiger charge is -2.09. The zero-order valence-electron chi connectivity index (χ0n) is 8.00. The number of rotatable bonds is 4. The first kappa shape index (κ1) is 13.7. The second kappa shape index (κ2) is 6.42. The fraction of sp³-hybridized carbons (Fsp3) is 0.100. The maximum atomic E-state index is 10.8. The molecule has 0 aliphatic heterocycles. The minimum atomic E-state index is -0.521. The zero-order chi connectivity index (χ0) is 12.1. The molecule has 3 nitrogen and oxygen atoms in total. The standard InChI is InChI=1S/C10H7Br3O3/c1-2-8(14)16-5-15-7-4-3-6(11)9(12)10(7)13/h2-4H,1,5H2. The molecule has 0 amide bonds. The molecule has 0 fully saturated rings. The van der Waals surface area contributed by atoms with Gasteiger partial charge in [-0.3, -0.25) is 0 Å². The summed E-state index contributed by atoms with van der Waals surface area (Å²) in [5, 5.41) is 0. The van der Waals surface area contributed by atoms with Crippen LogP contribution in [0, 0.1) is 0 Å². The van der Waals surface area contributed by atoms with Crippen LogP contribution in [-0.4, -0.2) is 12.8 Å². The first-order valence-corrected chi connectivity index (χ1v) is 6.49. The molecular weight excluding hydrogens is 408 g/mol. The highest BCUT2D eigenvalue weighted by Crippen LogP contribution is 2.37. The lowest BCUT2D eigenvalue weighted by atomic mass is 10.3. The van der Waals surface area contributed by atoms with Crippen LogP contribution in [-0.2, 0) is 9.53 Å². The molecule has 1 aromatic rings. The van der Waals surface area contributed by atoms with Crippen molar-refractivity contribution in [2.45, 2.75) is 0 Å². The van der Waals surface area contributed by atoms with Crippen molar-refractivity contribution in [1.29, 1.82) is 0 Å². The largest absolute Gasteiger partial charge is 0.456 e. The molecule has 0 radical (unpaired) electrons. The second-order valence-electron chi connectivity index (χ2n) is 2.60. The Balaban J connectivity index is 2.65. The summed E-state index contributed by atoms with van der Waals surface area (Å²) >= 11 is 10.1. The molecule has 0 aromatic heterocycles. The zero-order valence-corrected chi connectivity index (χ0v) is 12.8. The van der Waals surface area contributed by atoms with Crippen LogP contribution in [0.25, 0.3) is 0 Å². The van der Waals surface area contributed by atoms with Gasteiger partial charge in [0.15, 0.2) is 0 Å². The Morgan fingerprint density at radius 1 is 1.31 bits per heavy atom. The van der Waals surface area contributed by atoms with Gasteiger partial charge in [0.05, 0.1) is 4.47 Å². The summed E-state index contributed by atoms with van der Waals surface area (Å²) in [5.74, 6) is 0.0548. The Labute approximate surface area is 118 Å². The molecule has 0 atom stereocenters. The predicted octanol–water partition coefficient (Wildman–Crippen LogP) is 4.04. The van der Waals surface area contributed by atoms with Gasteiger partial charge < -0.3 is 9.47 Å². The van der Waals surface area contributed by atoms with Crippen LogP contribution < -0.4 is 4.74 Å². The van der Waals surface area contributed by atoms with Gasteiger partial charge >= 0.3 is 5.97 Å². The summed E-state index contributed by atoms with van der Waals surface area (Å²) in [6.45, 7) is 3.12. The summed E-state index contributed by atoms with van der Waals surface area (Å²) in [5.41, 5.74) is 0. The monoisotopic (exact) mass is 412 g/mol. The van der Waals surface area contributed by atoms with E-state index in [1.165, 1.54) is 0 Å². The van der Waals surface area contributed by atoms with Gasteiger partial charge in [0.2, 0.25) is 6.79 Å². The van der Waals surface area contributed by atoms with E-state index in [0.717, 1.165) is 19.5 Å². The van der Waals surface area contributed by atoms with Crippen LogP contribution in [0.1, 0.15) is 0 Å². The Morgan fingerprint density at radius 2 is 2.00 bits per heavy atom. The average molecular weight is 415 g/mol. The van der Waals surface area contributed by atoms with Crippen LogP contribution in [0.5, 0.6) is 5.75 Å². The third-order valence-electron chi connectivity index (χ3n) is 1.58. The van der Waals surface area contributed by atoms with Gasteiger partial charge in [-0.25, -0.2) is 4.79 Å². The van der Waals surface area contributed by atoms with Gasteiger partial charge in [0, 0.05) is 15.0 Å². The highest BCUT2D eigenvalue weighted by atomic mass is 79.9. The number of ether oxygens (including phenoxy) is 2. The van der Waals surface area contributed by atoms with Crippen LogP contribution >= 0.6 is 47.8 Å². The van der Waals surface area contributed by atoms with Crippen molar-refractivity contribution in [1.82, 2.24) is 0 Å². The first-order chi connectivity index (χ1) is 7.56. The SMILES string of the molecule is C=CC(=O)OCOc1ccc(Br)c(Br)c1Br. The van der Waals surface area contributed by atoms with Gasteiger partial charge in [-0.2, -0.15) is 0 Å². The van der Waals surface area contributed by atoms with Crippen LogP contribution in [0.2, 0.25) is 0 Å². The molecule has 0 unspecified atom stereocenters. The van der Waals surface area contributed by atoms with Crippen molar-refractivity contribution >= 4 is 53.8 Å². The van der Waals surface area contributed by atoms with E-state index < -0.39 is 5.97 Å². The summed E-state index contributed by atoms with van der Waals surface area (Å²) in [7, 11) is 0. The molecule has 1 rings (SSSR count). The summed E-state index contributed by atoms with van der Waals surface area (Å²) in [4.78, 5) is 10.8. The molecule has 0 heterocycles. The van der Waals surface area contributed by atoms with Gasteiger partial charge in [-0.05, 0) is 59.9 Å².